The van der Waals surface area contributed by atoms with Gasteiger partial charge in [0, 0.05) is 18.5 Å². The maximum absolute atomic E-state index is 13.3. The molecular weight excluding hydrogens is 291 g/mol. The molecule has 4 heteroatoms. The fourth-order valence-corrected chi connectivity index (χ4v) is 4.48. The van der Waals surface area contributed by atoms with Gasteiger partial charge in [0.2, 0.25) is 5.91 Å². The van der Waals surface area contributed by atoms with E-state index >= 15 is 0 Å². The van der Waals surface area contributed by atoms with Crippen LogP contribution in [0.25, 0.3) is 0 Å². The Bertz CT molecular complexity index is 548. The van der Waals surface area contributed by atoms with Gasteiger partial charge >= 0.3 is 0 Å². The van der Waals surface area contributed by atoms with Gasteiger partial charge in [0.15, 0.2) is 0 Å². The van der Waals surface area contributed by atoms with Crippen molar-refractivity contribution in [2.24, 2.45) is 17.6 Å². The van der Waals surface area contributed by atoms with Crippen molar-refractivity contribution in [1.29, 1.82) is 0 Å². The number of hydrogen-bond acceptors (Lipinski definition) is 2. The SMILES string of the molecule is CC(CC(=O)NC1C2CCCC1CC(N)C2)c1cccc(F)c1. The number of hydrogen-bond donors (Lipinski definition) is 2. The van der Waals surface area contributed by atoms with Crippen LogP contribution in [0, 0.1) is 17.7 Å². The van der Waals surface area contributed by atoms with Crippen molar-refractivity contribution >= 4 is 5.91 Å². The lowest BCUT2D eigenvalue weighted by atomic mass is 9.67. The third-order valence-corrected chi connectivity index (χ3v) is 5.61. The summed E-state index contributed by atoms with van der Waals surface area (Å²) in [6, 6.07) is 7.12. The molecule has 2 bridgehead atoms. The van der Waals surface area contributed by atoms with Crippen LogP contribution >= 0.6 is 0 Å². The average molecular weight is 318 g/mol. The summed E-state index contributed by atoms with van der Waals surface area (Å²) in [6.07, 6.45) is 6.07. The Kier molecular flexibility index (Phi) is 5.00. The van der Waals surface area contributed by atoms with Gasteiger partial charge in [-0.2, -0.15) is 0 Å². The van der Waals surface area contributed by atoms with E-state index in [0.29, 0.717) is 24.3 Å². The molecule has 0 saturated heterocycles. The van der Waals surface area contributed by atoms with E-state index in [9.17, 15) is 9.18 Å². The Morgan fingerprint density at radius 2 is 2.04 bits per heavy atom. The van der Waals surface area contributed by atoms with Crippen LogP contribution < -0.4 is 11.1 Å². The lowest BCUT2D eigenvalue weighted by Crippen LogP contribution is -2.53. The van der Waals surface area contributed by atoms with E-state index in [4.69, 9.17) is 5.73 Å². The maximum Gasteiger partial charge on any atom is 0.220 e. The minimum atomic E-state index is -0.245. The van der Waals surface area contributed by atoms with E-state index in [1.165, 1.54) is 31.4 Å². The first-order chi connectivity index (χ1) is 11.0. The molecule has 3 unspecified atom stereocenters. The molecule has 2 saturated carbocycles. The molecule has 3 atom stereocenters. The van der Waals surface area contributed by atoms with E-state index in [2.05, 4.69) is 5.32 Å². The lowest BCUT2D eigenvalue weighted by molar-refractivity contribution is -0.123. The van der Waals surface area contributed by atoms with Gasteiger partial charge in [0.25, 0.3) is 0 Å². The number of nitrogens with two attached hydrogens (primary N) is 1. The highest BCUT2D eigenvalue weighted by Gasteiger charge is 2.39. The number of halogens is 1. The molecule has 3 rings (SSSR count). The quantitative estimate of drug-likeness (QED) is 0.894. The Morgan fingerprint density at radius 1 is 1.35 bits per heavy atom. The third-order valence-electron chi connectivity index (χ3n) is 5.61. The summed E-state index contributed by atoms with van der Waals surface area (Å²) in [5, 5.41) is 3.27. The number of fused-ring (bicyclic) bond motifs is 2. The molecule has 2 aliphatic carbocycles. The molecule has 0 spiro atoms. The fraction of sp³-hybridized carbons (Fsp3) is 0.632. The second kappa shape index (κ2) is 7.00. The number of benzene rings is 1. The third kappa shape index (κ3) is 3.92. The Labute approximate surface area is 137 Å². The van der Waals surface area contributed by atoms with E-state index in [1.54, 1.807) is 6.07 Å². The zero-order valence-corrected chi connectivity index (χ0v) is 13.8. The zero-order valence-electron chi connectivity index (χ0n) is 13.8. The van der Waals surface area contributed by atoms with Crippen LogP contribution in [0.2, 0.25) is 0 Å². The standard InChI is InChI=1S/C19H27FN2O/c1-12(13-4-3-7-16(20)9-13)8-18(23)22-19-14-5-2-6-15(19)11-17(21)10-14/h3-4,7,9,12,14-15,17,19H,2,5-6,8,10-11,21H2,1H3,(H,22,23). The fourth-order valence-electron chi connectivity index (χ4n) is 4.48. The summed E-state index contributed by atoms with van der Waals surface area (Å²) in [5.41, 5.74) is 7.02. The maximum atomic E-state index is 13.3. The number of rotatable bonds is 4. The molecule has 1 aromatic rings. The molecule has 1 amide bonds. The van der Waals surface area contributed by atoms with Crippen LogP contribution in [0.15, 0.2) is 24.3 Å². The summed E-state index contributed by atoms with van der Waals surface area (Å²) >= 11 is 0. The first-order valence-electron chi connectivity index (χ1n) is 8.83. The van der Waals surface area contributed by atoms with Crippen LogP contribution in [0.1, 0.15) is 56.9 Å². The second-order valence-corrected chi connectivity index (χ2v) is 7.44. The van der Waals surface area contributed by atoms with Crippen molar-refractivity contribution in [2.45, 2.75) is 63.5 Å². The highest BCUT2D eigenvalue weighted by molar-refractivity contribution is 5.77. The van der Waals surface area contributed by atoms with Gasteiger partial charge in [-0.05, 0) is 61.1 Å². The van der Waals surface area contributed by atoms with Crippen molar-refractivity contribution < 1.29 is 9.18 Å². The lowest BCUT2D eigenvalue weighted by Gasteiger charge is -2.45. The second-order valence-electron chi connectivity index (χ2n) is 7.44. The van der Waals surface area contributed by atoms with Crippen molar-refractivity contribution in [1.82, 2.24) is 5.32 Å². The normalized spacial score (nSPS) is 31.4. The zero-order chi connectivity index (χ0) is 16.4. The highest BCUT2D eigenvalue weighted by atomic mass is 19.1. The number of nitrogens with one attached hydrogen (secondary N) is 1. The molecule has 3 nitrogen and oxygen atoms in total. The van der Waals surface area contributed by atoms with Gasteiger partial charge in [-0.25, -0.2) is 4.39 Å². The molecule has 0 heterocycles. The average Bonchev–Trinajstić information content (AvgIpc) is 2.48. The Balaban J connectivity index is 1.59. The van der Waals surface area contributed by atoms with Crippen LogP contribution in [-0.4, -0.2) is 18.0 Å². The van der Waals surface area contributed by atoms with Crippen molar-refractivity contribution in [2.75, 3.05) is 0 Å². The van der Waals surface area contributed by atoms with E-state index < -0.39 is 0 Å². The summed E-state index contributed by atoms with van der Waals surface area (Å²) in [4.78, 5) is 12.5. The van der Waals surface area contributed by atoms with E-state index in [0.717, 1.165) is 18.4 Å². The van der Waals surface area contributed by atoms with Gasteiger partial charge in [-0.15, -0.1) is 0 Å². The predicted molar refractivity (Wildman–Crippen MR) is 89.4 cm³/mol. The van der Waals surface area contributed by atoms with Crippen molar-refractivity contribution in [3.05, 3.63) is 35.6 Å². The molecule has 3 N–H and O–H groups in total. The molecule has 2 fully saturated rings. The molecule has 126 valence electrons. The minimum absolute atomic E-state index is 0.0244. The minimum Gasteiger partial charge on any atom is -0.353 e. The molecule has 0 radical (unpaired) electrons. The smallest absolute Gasteiger partial charge is 0.220 e. The topological polar surface area (TPSA) is 55.1 Å². The summed E-state index contributed by atoms with van der Waals surface area (Å²) < 4.78 is 13.3. The van der Waals surface area contributed by atoms with Gasteiger partial charge in [0.05, 0.1) is 0 Å². The number of amides is 1. The van der Waals surface area contributed by atoms with Crippen LogP contribution in [0.4, 0.5) is 4.39 Å². The number of carbonyl (C=O) groups excluding carboxylic acids is 1. The van der Waals surface area contributed by atoms with Crippen LogP contribution in [-0.2, 0) is 4.79 Å². The molecule has 23 heavy (non-hydrogen) atoms. The molecule has 2 aliphatic rings. The first kappa shape index (κ1) is 16.4. The Morgan fingerprint density at radius 3 is 2.70 bits per heavy atom. The largest absolute Gasteiger partial charge is 0.353 e. The van der Waals surface area contributed by atoms with Crippen LogP contribution in [0.3, 0.4) is 0 Å². The highest BCUT2D eigenvalue weighted by Crippen LogP contribution is 2.39. The van der Waals surface area contributed by atoms with Crippen molar-refractivity contribution in [3.8, 4) is 0 Å². The van der Waals surface area contributed by atoms with Gasteiger partial charge in [-0.3, -0.25) is 4.79 Å². The van der Waals surface area contributed by atoms with Crippen molar-refractivity contribution in [3.63, 3.8) is 0 Å². The van der Waals surface area contributed by atoms with Crippen LogP contribution in [0.5, 0.6) is 0 Å². The number of carbonyl (C=O) groups is 1. The summed E-state index contributed by atoms with van der Waals surface area (Å²) in [5.74, 6) is 0.929. The van der Waals surface area contributed by atoms with Gasteiger partial charge in [0.1, 0.15) is 5.82 Å². The van der Waals surface area contributed by atoms with Gasteiger partial charge < -0.3 is 11.1 Å². The molecule has 1 aromatic carbocycles. The predicted octanol–water partition coefficient (Wildman–Crippen LogP) is 3.34. The summed E-state index contributed by atoms with van der Waals surface area (Å²) in [7, 11) is 0. The molecular formula is C19H27FN2O. The monoisotopic (exact) mass is 318 g/mol. The van der Waals surface area contributed by atoms with E-state index in [1.807, 2.05) is 13.0 Å². The van der Waals surface area contributed by atoms with Gasteiger partial charge in [-0.1, -0.05) is 25.5 Å². The molecule has 0 aliphatic heterocycles. The van der Waals surface area contributed by atoms with E-state index in [-0.39, 0.29) is 23.7 Å². The first-order valence-corrected chi connectivity index (χ1v) is 8.83. The Hall–Kier alpha value is -1.42. The molecule has 0 aromatic heterocycles. The summed E-state index contributed by atoms with van der Waals surface area (Å²) in [6.45, 7) is 1.98.